The van der Waals surface area contributed by atoms with Gasteiger partial charge in [0.1, 0.15) is 0 Å². The number of esters is 1. The first-order valence-corrected chi connectivity index (χ1v) is 9.96. The van der Waals surface area contributed by atoms with Crippen LogP contribution in [0, 0.1) is 12.3 Å². The van der Waals surface area contributed by atoms with Crippen molar-refractivity contribution in [1.82, 2.24) is 0 Å². The molecule has 3 rings (SSSR count). The van der Waals surface area contributed by atoms with Crippen molar-refractivity contribution in [3.8, 4) is 11.5 Å². The van der Waals surface area contributed by atoms with Crippen LogP contribution in [0.3, 0.4) is 0 Å². The summed E-state index contributed by atoms with van der Waals surface area (Å²) in [7, 11) is 0. The average Bonchev–Trinajstić information content (AvgIpc) is 3.07. The summed E-state index contributed by atoms with van der Waals surface area (Å²) in [4.78, 5) is 12.1. The topological polar surface area (TPSA) is 44.8 Å². The van der Waals surface area contributed by atoms with E-state index in [2.05, 4.69) is 34.3 Å². The number of benzene rings is 1. The first-order valence-electron chi connectivity index (χ1n) is 9.96. The molecule has 1 unspecified atom stereocenters. The van der Waals surface area contributed by atoms with Crippen molar-refractivity contribution < 1.29 is 19.0 Å². The largest absolute Gasteiger partial charge is 0.466 e. The summed E-state index contributed by atoms with van der Waals surface area (Å²) in [6.45, 7) is 15.3. The van der Waals surface area contributed by atoms with Crippen molar-refractivity contribution in [2.75, 3.05) is 13.4 Å². The van der Waals surface area contributed by atoms with E-state index in [-0.39, 0.29) is 18.2 Å². The number of fused-ring (bicyclic) bond motifs is 3. The van der Waals surface area contributed by atoms with Crippen LogP contribution in [0.1, 0.15) is 69.2 Å². The predicted molar refractivity (Wildman–Crippen MR) is 107 cm³/mol. The third-order valence-corrected chi connectivity index (χ3v) is 6.15. The molecular formula is C23H32O4. The number of hydrogen-bond acceptors (Lipinski definition) is 4. The molecular weight excluding hydrogens is 340 g/mol. The molecule has 2 aliphatic rings. The molecule has 0 N–H and O–H groups in total. The van der Waals surface area contributed by atoms with Crippen molar-refractivity contribution >= 4 is 5.97 Å². The van der Waals surface area contributed by atoms with Crippen LogP contribution in [0.2, 0.25) is 0 Å². The zero-order chi connectivity index (χ0) is 19.8. The van der Waals surface area contributed by atoms with E-state index >= 15 is 0 Å². The van der Waals surface area contributed by atoms with Gasteiger partial charge in [0.2, 0.25) is 6.79 Å². The third-order valence-electron chi connectivity index (χ3n) is 6.15. The molecule has 0 radical (unpaired) electrons. The van der Waals surface area contributed by atoms with Gasteiger partial charge in [-0.15, -0.1) is 6.58 Å². The standard InChI is InChI=1S/C23H32O4/c1-7-23(6,13-18(24)25-8-2)12-17-15(3)16-10-9-11-22(4,5)19(16)21-20(17)26-14-27-21/h7H,1,8-14H2,2-6H3. The molecule has 0 saturated heterocycles. The highest BCUT2D eigenvalue weighted by atomic mass is 16.7. The summed E-state index contributed by atoms with van der Waals surface area (Å²) in [5.41, 5.74) is 4.82. The number of ether oxygens (including phenoxy) is 3. The zero-order valence-corrected chi connectivity index (χ0v) is 17.4. The molecule has 0 bridgehead atoms. The minimum atomic E-state index is -0.394. The second kappa shape index (κ2) is 7.21. The molecule has 0 spiro atoms. The number of carbonyl (C=O) groups is 1. The van der Waals surface area contributed by atoms with Crippen LogP contribution < -0.4 is 9.47 Å². The van der Waals surface area contributed by atoms with E-state index < -0.39 is 5.41 Å². The van der Waals surface area contributed by atoms with E-state index in [1.807, 2.05) is 13.0 Å². The van der Waals surface area contributed by atoms with Crippen LogP contribution >= 0.6 is 0 Å². The number of hydrogen-bond donors (Lipinski definition) is 0. The van der Waals surface area contributed by atoms with Gasteiger partial charge in [0, 0.05) is 11.1 Å². The highest BCUT2D eigenvalue weighted by Gasteiger charge is 2.39. The maximum atomic E-state index is 12.1. The molecule has 0 aromatic heterocycles. The Labute approximate surface area is 162 Å². The molecule has 0 saturated carbocycles. The van der Waals surface area contributed by atoms with Gasteiger partial charge in [-0.3, -0.25) is 4.79 Å². The Hall–Kier alpha value is -1.97. The lowest BCUT2D eigenvalue weighted by molar-refractivity contribution is -0.145. The van der Waals surface area contributed by atoms with E-state index in [1.54, 1.807) is 0 Å². The molecule has 0 fully saturated rings. The van der Waals surface area contributed by atoms with Crippen LogP contribution in [0.4, 0.5) is 0 Å². The minimum Gasteiger partial charge on any atom is -0.466 e. The molecule has 1 aromatic carbocycles. The van der Waals surface area contributed by atoms with Gasteiger partial charge in [-0.2, -0.15) is 0 Å². The van der Waals surface area contributed by atoms with Crippen LogP contribution in [-0.4, -0.2) is 19.4 Å². The molecule has 1 atom stereocenters. The highest BCUT2D eigenvalue weighted by Crippen LogP contribution is 2.52. The normalized spacial score (nSPS) is 19.1. The molecule has 1 aliphatic carbocycles. The third kappa shape index (κ3) is 3.59. The van der Waals surface area contributed by atoms with Gasteiger partial charge >= 0.3 is 5.97 Å². The Morgan fingerprint density at radius 3 is 2.70 bits per heavy atom. The van der Waals surface area contributed by atoms with Gasteiger partial charge in [-0.1, -0.05) is 26.8 Å². The summed E-state index contributed by atoms with van der Waals surface area (Å²) in [6.07, 6.45) is 6.26. The molecule has 1 aromatic rings. The summed E-state index contributed by atoms with van der Waals surface area (Å²) in [5.74, 6) is 1.58. The Kier molecular flexibility index (Phi) is 5.29. The lowest BCUT2D eigenvalue weighted by Gasteiger charge is -2.36. The Morgan fingerprint density at radius 1 is 1.33 bits per heavy atom. The molecule has 148 valence electrons. The molecule has 1 aliphatic heterocycles. The number of rotatable bonds is 6. The van der Waals surface area contributed by atoms with Gasteiger partial charge in [-0.25, -0.2) is 0 Å². The van der Waals surface area contributed by atoms with E-state index in [0.717, 1.165) is 29.9 Å². The fraction of sp³-hybridized carbons (Fsp3) is 0.609. The van der Waals surface area contributed by atoms with E-state index in [4.69, 9.17) is 14.2 Å². The fourth-order valence-electron chi connectivity index (χ4n) is 4.59. The Bertz CT molecular complexity index is 759. The minimum absolute atomic E-state index is 0.0847. The van der Waals surface area contributed by atoms with Gasteiger partial charge in [0.25, 0.3) is 0 Å². The van der Waals surface area contributed by atoms with Gasteiger partial charge < -0.3 is 14.2 Å². The van der Waals surface area contributed by atoms with Gasteiger partial charge in [0.05, 0.1) is 13.0 Å². The summed E-state index contributed by atoms with van der Waals surface area (Å²) >= 11 is 0. The molecule has 1 heterocycles. The van der Waals surface area contributed by atoms with Crippen molar-refractivity contribution in [3.63, 3.8) is 0 Å². The molecule has 4 nitrogen and oxygen atoms in total. The first-order chi connectivity index (χ1) is 12.7. The van der Waals surface area contributed by atoms with Crippen molar-refractivity contribution in [3.05, 3.63) is 34.9 Å². The second-order valence-electron chi connectivity index (χ2n) is 8.78. The van der Waals surface area contributed by atoms with Crippen molar-refractivity contribution in [2.45, 2.75) is 72.1 Å². The van der Waals surface area contributed by atoms with Gasteiger partial charge in [-0.05, 0) is 61.5 Å². The van der Waals surface area contributed by atoms with E-state index in [1.165, 1.54) is 23.1 Å². The monoisotopic (exact) mass is 372 g/mol. The van der Waals surface area contributed by atoms with Crippen LogP contribution in [0.25, 0.3) is 0 Å². The fourth-order valence-corrected chi connectivity index (χ4v) is 4.59. The Morgan fingerprint density at radius 2 is 2.04 bits per heavy atom. The molecule has 0 amide bonds. The number of allylic oxidation sites excluding steroid dienone is 1. The van der Waals surface area contributed by atoms with Crippen LogP contribution in [0.5, 0.6) is 11.5 Å². The predicted octanol–water partition coefficient (Wildman–Crippen LogP) is 5.03. The lowest BCUT2D eigenvalue weighted by Crippen LogP contribution is -2.27. The Balaban J connectivity index is 2.06. The van der Waals surface area contributed by atoms with Crippen molar-refractivity contribution in [1.29, 1.82) is 0 Å². The van der Waals surface area contributed by atoms with Gasteiger partial charge in [0.15, 0.2) is 11.5 Å². The zero-order valence-electron chi connectivity index (χ0n) is 17.4. The van der Waals surface area contributed by atoms with Crippen LogP contribution in [0.15, 0.2) is 12.7 Å². The maximum absolute atomic E-state index is 12.1. The first kappa shape index (κ1) is 19.8. The second-order valence-corrected chi connectivity index (χ2v) is 8.78. The SMILES string of the molecule is C=CC(C)(CC(=O)OCC)Cc1c(C)c2c(c3c1OCO3)C(C)(C)CCC2. The lowest BCUT2D eigenvalue weighted by atomic mass is 9.69. The molecule has 27 heavy (non-hydrogen) atoms. The summed E-state index contributed by atoms with van der Waals surface area (Å²) in [6, 6.07) is 0. The van der Waals surface area contributed by atoms with Crippen LogP contribution in [-0.2, 0) is 27.8 Å². The summed E-state index contributed by atoms with van der Waals surface area (Å²) in [5, 5.41) is 0. The van der Waals surface area contributed by atoms with E-state index in [0.29, 0.717) is 19.4 Å². The summed E-state index contributed by atoms with van der Waals surface area (Å²) < 4.78 is 17.1. The van der Waals surface area contributed by atoms with E-state index in [9.17, 15) is 4.79 Å². The molecule has 4 heteroatoms. The number of carbonyl (C=O) groups excluding carboxylic acids is 1. The average molecular weight is 373 g/mol. The highest BCUT2D eigenvalue weighted by molar-refractivity contribution is 5.71. The van der Waals surface area contributed by atoms with Crippen molar-refractivity contribution in [2.24, 2.45) is 5.41 Å². The quantitative estimate of drug-likeness (QED) is 0.519. The maximum Gasteiger partial charge on any atom is 0.306 e. The smallest absolute Gasteiger partial charge is 0.306 e.